The number of aromatic nitrogens is 1. The maximum atomic E-state index is 12.9. The molecule has 1 aliphatic heterocycles. The number of rotatable bonds is 6. The molecule has 0 unspecified atom stereocenters. The number of amides is 2. The number of nitro benzene ring substituents is 1. The van der Waals surface area contributed by atoms with Crippen molar-refractivity contribution in [3.8, 4) is 0 Å². The summed E-state index contributed by atoms with van der Waals surface area (Å²) in [7, 11) is 0. The average Bonchev–Trinajstić information content (AvgIpc) is 3.35. The Morgan fingerprint density at radius 2 is 1.76 bits per heavy atom. The van der Waals surface area contributed by atoms with Crippen molar-refractivity contribution in [1.82, 2.24) is 4.98 Å². The number of thioether (sulfide) groups is 1. The van der Waals surface area contributed by atoms with Gasteiger partial charge in [0.1, 0.15) is 0 Å². The maximum Gasteiger partial charge on any atom is 0.270 e. The van der Waals surface area contributed by atoms with E-state index in [0.717, 1.165) is 20.1 Å². The highest BCUT2D eigenvalue weighted by Crippen LogP contribution is 2.36. The van der Waals surface area contributed by atoms with Gasteiger partial charge in [-0.1, -0.05) is 39.8 Å². The Labute approximate surface area is 208 Å². The van der Waals surface area contributed by atoms with Crippen LogP contribution in [0.2, 0.25) is 0 Å². The number of hydrogen-bond donors (Lipinski definition) is 0. The predicted molar refractivity (Wildman–Crippen MR) is 133 cm³/mol. The van der Waals surface area contributed by atoms with Crippen LogP contribution < -0.4 is 4.90 Å². The Hall–Kier alpha value is -3.41. The van der Waals surface area contributed by atoms with Crippen LogP contribution in [0, 0.1) is 10.1 Å². The summed E-state index contributed by atoms with van der Waals surface area (Å²) in [5.74, 6) is -0.931. The summed E-state index contributed by atoms with van der Waals surface area (Å²) >= 11 is 6.02. The molecule has 5 rings (SSSR count). The highest BCUT2D eigenvalue weighted by Gasteiger charge is 2.38. The van der Waals surface area contributed by atoms with Crippen molar-refractivity contribution in [1.29, 1.82) is 0 Å². The zero-order chi connectivity index (χ0) is 24.0. The van der Waals surface area contributed by atoms with E-state index >= 15 is 0 Å². The predicted octanol–water partition coefficient (Wildman–Crippen LogP) is 5.74. The lowest BCUT2D eigenvalue weighted by molar-refractivity contribution is -0.384. The standard InChI is InChI=1S/C23H12BrN3O5S2/c24-13-3-1-12(2-4-13)19(28)11-33-23-25-18-8-6-14(10-20(18)34-23)26-21(29)16-7-5-15(27(31)32)9-17(16)22(26)30/h1-10H,11H2. The van der Waals surface area contributed by atoms with Gasteiger partial charge < -0.3 is 0 Å². The van der Waals surface area contributed by atoms with Crippen LogP contribution in [-0.4, -0.2) is 33.3 Å². The van der Waals surface area contributed by atoms with Gasteiger partial charge in [0.05, 0.1) is 37.7 Å². The number of ketones is 1. The molecule has 2 amide bonds. The first-order valence-electron chi connectivity index (χ1n) is 9.81. The minimum Gasteiger partial charge on any atom is -0.293 e. The van der Waals surface area contributed by atoms with Crippen LogP contribution in [-0.2, 0) is 0 Å². The number of halogens is 1. The Morgan fingerprint density at radius 3 is 2.50 bits per heavy atom. The number of benzene rings is 3. The summed E-state index contributed by atoms with van der Waals surface area (Å²) in [6, 6.07) is 15.8. The highest BCUT2D eigenvalue weighted by molar-refractivity contribution is 9.10. The van der Waals surface area contributed by atoms with E-state index in [4.69, 9.17) is 0 Å². The fraction of sp³-hybridized carbons (Fsp3) is 0.0435. The molecule has 3 aromatic carbocycles. The molecular formula is C23H12BrN3O5S2. The minimum absolute atomic E-state index is 0.00583. The van der Waals surface area contributed by atoms with Crippen LogP contribution in [0.25, 0.3) is 10.2 Å². The number of hydrogen-bond acceptors (Lipinski definition) is 8. The van der Waals surface area contributed by atoms with Crippen LogP contribution in [0.3, 0.4) is 0 Å². The molecule has 0 aliphatic carbocycles. The molecule has 0 saturated carbocycles. The summed E-state index contributed by atoms with van der Waals surface area (Å²) < 4.78 is 2.34. The summed E-state index contributed by atoms with van der Waals surface area (Å²) in [5, 5.41) is 11.0. The van der Waals surface area contributed by atoms with E-state index in [1.807, 2.05) is 12.1 Å². The smallest absolute Gasteiger partial charge is 0.270 e. The molecule has 0 bridgehead atoms. The number of Topliss-reactive ketones (excluding diaryl/α,β-unsaturated/α-hetero) is 1. The van der Waals surface area contributed by atoms with Gasteiger partial charge in [0.15, 0.2) is 10.1 Å². The number of non-ortho nitro benzene ring substituents is 1. The third-order valence-corrected chi connectivity index (χ3v) is 7.87. The van der Waals surface area contributed by atoms with Gasteiger partial charge in [-0.05, 0) is 36.4 Å². The van der Waals surface area contributed by atoms with Gasteiger partial charge in [0, 0.05) is 22.2 Å². The van der Waals surface area contributed by atoms with Crippen molar-refractivity contribution >= 4 is 78.2 Å². The van der Waals surface area contributed by atoms with Gasteiger partial charge in [-0.3, -0.25) is 24.5 Å². The number of thiazole rings is 1. The number of carbonyl (C=O) groups is 3. The molecule has 11 heteroatoms. The van der Waals surface area contributed by atoms with Crippen LogP contribution >= 0.6 is 39.0 Å². The lowest BCUT2D eigenvalue weighted by Gasteiger charge is -2.13. The average molecular weight is 554 g/mol. The summed E-state index contributed by atoms with van der Waals surface area (Å²) in [6.45, 7) is 0. The fourth-order valence-electron chi connectivity index (χ4n) is 3.52. The highest BCUT2D eigenvalue weighted by atomic mass is 79.9. The normalized spacial score (nSPS) is 12.9. The molecule has 168 valence electrons. The second kappa shape index (κ2) is 8.75. The molecule has 0 saturated heterocycles. The van der Waals surface area contributed by atoms with Crippen molar-refractivity contribution in [3.05, 3.63) is 91.9 Å². The number of fused-ring (bicyclic) bond motifs is 2. The Morgan fingerprint density at radius 1 is 1.03 bits per heavy atom. The lowest BCUT2D eigenvalue weighted by Crippen LogP contribution is -2.29. The van der Waals surface area contributed by atoms with Crippen molar-refractivity contribution in [2.24, 2.45) is 0 Å². The lowest BCUT2D eigenvalue weighted by atomic mass is 10.1. The number of nitro groups is 1. The van der Waals surface area contributed by atoms with Gasteiger partial charge in [-0.15, -0.1) is 11.3 Å². The molecule has 1 aliphatic rings. The molecule has 2 heterocycles. The third-order valence-electron chi connectivity index (χ3n) is 5.18. The van der Waals surface area contributed by atoms with Crippen molar-refractivity contribution in [3.63, 3.8) is 0 Å². The number of nitrogens with zero attached hydrogens (tertiary/aromatic N) is 3. The molecule has 1 aromatic heterocycles. The molecular weight excluding hydrogens is 542 g/mol. The topological polar surface area (TPSA) is 110 Å². The van der Waals surface area contributed by atoms with Gasteiger partial charge >= 0.3 is 0 Å². The molecule has 8 nitrogen and oxygen atoms in total. The SMILES string of the molecule is O=C(CSc1nc2ccc(N3C(=O)c4ccc([N+](=O)[O-])cc4C3=O)cc2s1)c1ccc(Br)cc1. The number of carbonyl (C=O) groups excluding carboxylic acids is 3. The number of imide groups is 1. The minimum atomic E-state index is -0.609. The zero-order valence-corrected chi connectivity index (χ0v) is 20.3. The van der Waals surface area contributed by atoms with Crippen molar-refractivity contribution < 1.29 is 19.3 Å². The van der Waals surface area contributed by atoms with E-state index < -0.39 is 16.7 Å². The largest absolute Gasteiger partial charge is 0.293 e. The molecule has 0 fully saturated rings. The van der Waals surface area contributed by atoms with E-state index in [2.05, 4.69) is 20.9 Å². The molecule has 0 N–H and O–H groups in total. The van der Waals surface area contributed by atoms with Gasteiger partial charge in [-0.25, -0.2) is 9.88 Å². The molecule has 4 aromatic rings. The fourth-order valence-corrected chi connectivity index (χ4v) is 5.78. The zero-order valence-electron chi connectivity index (χ0n) is 17.1. The Kier molecular flexibility index (Phi) is 5.76. The first-order valence-corrected chi connectivity index (χ1v) is 12.4. The van der Waals surface area contributed by atoms with Gasteiger partial charge in [0.25, 0.3) is 17.5 Å². The second-order valence-electron chi connectivity index (χ2n) is 7.28. The van der Waals surface area contributed by atoms with Crippen LogP contribution in [0.4, 0.5) is 11.4 Å². The summed E-state index contributed by atoms with van der Waals surface area (Å²) in [5.41, 5.74) is 1.53. The van der Waals surface area contributed by atoms with Gasteiger partial charge in [0.2, 0.25) is 0 Å². The van der Waals surface area contributed by atoms with E-state index in [1.165, 1.54) is 35.2 Å². The van der Waals surface area contributed by atoms with Crippen molar-refractivity contribution in [2.75, 3.05) is 10.7 Å². The van der Waals surface area contributed by atoms with E-state index in [0.29, 0.717) is 21.1 Å². The first-order chi connectivity index (χ1) is 16.3. The van der Waals surface area contributed by atoms with E-state index in [9.17, 15) is 24.5 Å². The second-order valence-corrected chi connectivity index (χ2v) is 10.5. The van der Waals surface area contributed by atoms with Crippen LogP contribution in [0.5, 0.6) is 0 Å². The van der Waals surface area contributed by atoms with Gasteiger partial charge in [-0.2, -0.15) is 0 Å². The molecule has 0 atom stereocenters. The Bertz CT molecular complexity index is 1520. The van der Waals surface area contributed by atoms with E-state index in [1.54, 1.807) is 30.3 Å². The van der Waals surface area contributed by atoms with E-state index in [-0.39, 0.29) is 28.4 Å². The van der Waals surface area contributed by atoms with Crippen LogP contribution in [0.15, 0.2) is 69.5 Å². The van der Waals surface area contributed by atoms with Crippen molar-refractivity contribution in [2.45, 2.75) is 4.34 Å². The van der Waals surface area contributed by atoms with Crippen LogP contribution in [0.1, 0.15) is 31.1 Å². The molecule has 0 radical (unpaired) electrons. The summed E-state index contributed by atoms with van der Waals surface area (Å²) in [6.07, 6.45) is 0. The quantitative estimate of drug-likeness (QED) is 0.0983. The molecule has 34 heavy (non-hydrogen) atoms. The molecule has 0 spiro atoms. The summed E-state index contributed by atoms with van der Waals surface area (Å²) in [4.78, 5) is 54.1. The maximum absolute atomic E-state index is 12.9. The number of anilines is 1. The first kappa shape index (κ1) is 22.4. The Balaban J connectivity index is 1.37. The third kappa shape index (κ3) is 4.02. The monoisotopic (exact) mass is 553 g/mol.